The van der Waals surface area contributed by atoms with Crippen molar-refractivity contribution in [2.75, 3.05) is 13.7 Å². The Morgan fingerprint density at radius 1 is 1.14 bits per heavy atom. The molecule has 1 atom stereocenters. The van der Waals surface area contributed by atoms with Gasteiger partial charge in [0.1, 0.15) is 5.75 Å². The highest BCUT2D eigenvalue weighted by molar-refractivity contribution is 6.74. The van der Waals surface area contributed by atoms with Crippen LogP contribution in [0.25, 0.3) is 0 Å². The zero-order valence-electron chi connectivity index (χ0n) is 14.6. The van der Waals surface area contributed by atoms with E-state index in [1.54, 1.807) is 7.11 Å². The van der Waals surface area contributed by atoms with Gasteiger partial charge in [-0.05, 0) is 42.8 Å². The molecular formula is C17H31NO2Si. The van der Waals surface area contributed by atoms with Gasteiger partial charge in [0.25, 0.3) is 0 Å². The van der Waals surface area contributed by atoms with Gasteiger partial charge in [0, 0.05) is 19.2 Å². The molecule has 21 heavy (non-hydrogen) atoms. The van der Waals surface area contributed by atoms with Crippen LogP contribution in [0.2, 0.25) is 18.1 Å². The van der Waals surface area contributed by atoms with Gasteiger partial charge in [-0.1, -0.05) is 32.9 Å². The number of hydrogen-bond acceptors (Lipinski definition) is 3. The summed E-state index contributed by atoms with van der Waals surface area (Å²) >= 11 is 0. The Kier molecular flexibility index (Phi) is 6.44. The fraction of sp³-hybridized carbons (Fsp3) is 0.647. The lowest BCUT2D eigenvalue weighted by atomic mass is 10.2. The van der Waals surface area contributed by atoms with Crippen LogP contribution in [0, 0.1) is 0 Å². The van der Waals surface area contributed by atoms with E-state index >= 15 is 0 Å². The molecule has 4 heteroatoms. The second-order valence-corrected chi connectivity index (χ2v) is 12.0. The fourth-order valence-electron chi connectivity index (χ4n) is 1.64. The summed E-state index contributed by atoms with van der Waals surface area (Å²) in [5.74, 6) is 0.896. The van der Waals surface area contributed by atoms with Crippen molar-refractivity contribution < 1.29 is 9.16 Å². The van der Waals surface area contributed by atoms with E-state index in [0.29, 0.717) is 6.04 Å². The standard InChI is InChI=1S/C17H31NO2Si/c1-14(13-20-21(6,7)17(2,3)4)18-12-15-8-10-16(19-5)11-9-15/h8-11,14,18H,12-13H2,1-7H3/t14-/m0/s1. The highest BCUT2D eigenvalue weighted by atomic mass is 28.4. The molecule has 120 valence electrons. The average Bonchev–Trinajstić information content (AvgIpc) is 2.42. The smallest absolute Gasteiger partial charge is 0.192 e. The first-order valence-corrected chi connectivity index (χ1v) is 10.6. The van der Waals surface area contributed by atoms with E-state index < -0.39 is 8.32 Å². The Balaban J connectivity index is 2.38. The molecule has 0 spiro atoms. The normalized spacial score (nSPS) is 14.0. The first-order chi connectivity index (χ1) is 9.65. The van der Waals surface area contributed by atoms with Gasteiger partial charge in [-0.3, -0.25) is 0 Å². The number of hydrogen-bond donors (Lipinski definition) is 1. The number of nitrogens with one attached hydrogen (secondary N) is 1. The highest BCUT2D eigenvalue weighted by Gasteiger charge is 2.37. The van der Waals surface area contributed by atoms with Crippen molar-refractivity contribution in [3.8, 4) is 5.75 Å². The van der Waals surface area contributed by atoms with Crippen molar-refractivity contribution in [1.29, 1.82) is 0 Å². The van der Waals surface area contributed by atoms with Crippen LogP contribution in [0.5, 0.6) is 5.75 Å². The first-order valence-electron chi connectivity index (χ1n) is 7.66. The molecule has 3 nitrogen and oxygen atoms in total. The molecule has 0 unspecified atom stereocenters. The van der Waals surface area contributed by atoms with Crippen molar-refractivity contribution in [1.82, 2.24) is 5.32 Å². The molecule has 0 amide bonds. The van der Waals surface area contributed by atoms with E-state index in [-0.39, 0.29) is 5.04 Å². The van der Waals surface area contributed by atoms with E-state index in [4.69, 9.17) is 9.16 Å². The van der Waals surface area contributed by atoms with E-state index in [9.17, 15) is 0 Å². The number of rotatable bonds is 7. The summed E-state index contributed by atoms with van der Waals surface area (Å²) < 4.78 is 11.4. The second kappa shape index (κ2) is 7.43. The minimum atomic E-state index is -1.64. The van der Waals surface area contributed by atoms with Crippen LogP contribution in [0.3, 0.4) is 0 Å². The lowest BCUT2D eigenvalue weighted by Crippen LogP contribution is -2.44. The molecule has 1 N–H and O–H groups in total. The van der Waals surface area contributed by atoms with Gasteiger partial charge in [0.05, 0.1) is 7.11 Å². The fourth-order valence-corrected chi connectivity index (χ4v) is 2.74. The molecule has 0 saturated carbocycles. The van der Waals surface area contributed by atoms with Gasteiger partial charge in [-0.2, -0.15) is 0 Å². The topological polar surface area (TPSA) is 30.5 Å². The zero-order valence-corrected chi connectivity index (χ0v) is 15.6. The summed E-state index contributed by atoms with van der Waals surface area (Å²) in [7, 11) is 0.0431. The summed E-state index contributed by atoms with van der Waals surface area (Å²) in [5.41, 5.74) is 1.26. The van der Waals surface area contributed by atoms with E-state index in [2.05, 4.69) is 58.2 Å². The maximum atomic E-state index is 6.24. The van der Waals surface area contributed by atoms with Crippen molar-refractivity contribution in [3.63, 3.8) is 0 Å². The predicted octanol–water partition coefficient (Wildman–Crippen LogP) is 4.20. The van der Waals surface area contributed by atoms with Crippen molar-refractivity contribution >= 4 is 8.32 Å². The predicted molar refractivity (Wildman–Crippen MR) is 92.4 cm³/mol. The lowest BCUT2D eigenvalue weighted by molar-refractivity contribution is 0.249. The van der Waals surface area contributed by atoms with Crippen LogP contribution in [-0.2, 0) is 11.0 Å². The first kappa shape index (κ1) is 18.2. The van der Waals surface area contributed by atoms with Crippen LogP contribution in [0.1, 0.15) is 33.3 Å². The van der Waals surface area contributed by atoms with E-state index in [0.717, 1.165) is 18.9 Å². The van der Waals surface area contributed by atoms with Crippen LogP contribution in [0.4, 0.5) is 0 Å². The Labute approximate surface area is 131 Å². The van der Waals surface area contributed by atoms with Gasteiger partial charge in [0.2, 0.25) is 0 Å². The molecular weight excluding hydrogens is 278 g/mol. The van der Waals surface area contributed by atoms with E-state index in [1.165, 1.54) is 5.56 Å². The number of benzene rings is 1. The third kappa shape index (κ3) is 5.81. The maximum absolute atomic E-state index is 6.24. The molecule has 1 aromatic rings. The average molecular weight is 310 g/mol. The van der Waals surface area contributed by atoms with Crippen LogP contribution in [-0.4, -0.2) is 28.1 Å². The van der Waals surface area contributed by atoms with Gasteiger partial charge in [-0.15, -0.1) is 0 Å². The quantitative estimate of drug-likeness (QED) is 0.766. The molecule has 0 aliphatic carbocycles. The molecule has 0 aliphatic rings. The van der Waals surface area contributed by atoms with Crippen molar-refractivity contribution in [2.45, 2.75) is 58.4 Å². The molecule has 0 bridgehead atoms. The van der Waals surface area contributed by atoms with Gasteiger partial charge < -0.3 is 14.5 Å². The Morgan fingerprint density at radius 3 is 2.19 bits per heavy atom. The van der Waals surface area contributed by atoms with Crippen molar-refractivity contribution in [3.05, 3.63) is 29.8 Å². The molecule has 0 aliphatic heterocycles. The summed E-state index contributed by atoms with van der Waals surface area (Å²) in [6, 6.07) is 8.52. The third-order valence-corrected chi connectivity index (χ3v) is 8.81. The van der Waals surface area contributed by atoms with Gasteiger partial charge >= 0.3 is 0 Å². The van der Waals surface area contributed by atoms with Gasteiger partial charge in [-0.25, -0.2) is 0 Å². The minimum absolute atomic E-state index is 0.267. The summed E-state index contributed by atoms with van der Waals surface area (Å²) in [6.07, 6.45) is 0. The molecule has 1 rings (SSSR count). The number of methoxy groups -OCH3 is 1. The summed E-state index contributed by atoms with van der Waals surface area (Å²) in [6.45, 7) is 15.2. The zero-order chi connectivity index (χ0) is 16.1. The molecule has 0 saturated heterocycles. The minimum Gasteiger partial charge on any atom is -0.497 e. The maximum Gasteiger partial charge on any atom is 0.192 e. The largest absolute Gasteiger partial charge is 0.497 e. The highest BCUT2D eigenvalue weighted by Crippen LogP contribution is 2.36. The summed E-state index contributed by atoms with van der Waals surface area (Å²) in [4.78, 5) is 0. The molecule has 0 fully saturated rings. The summed E-state index contributed by atoms with van der Waals surface area (Å²) in [5, 5.41) is 3.78. The van der Waals surface area contributed by atoms with Crippen LogP contribution >= 0.6 is 0 Å². The molecule has 0 heterocycles. The molecule has 0 aromatic heterocycles. The molecule has 1 aromatic carbocycles. The SMILES string of the molecule is COc1ccc(CN[C@@H](C)CO[Si](C)(C)C(C)(C)C)cc1. The van der Waals surface area contributed by atoms with Crippen LogP contribution < -0.4 is 10.1 Å². The second-order valence-electron chi connectivity index (χ2n) is 7.20. The van der Waals surface area contributed by atoms with E-state index in [1.807, 2.05) is 12.1 Å². The van der Waals surface area contributed by atoms with Gasteiger partial charge in [0.15, 0.2) is 8.32 Å². The monoisotopic (exact) mass is 309 g/mol. The Morgan fingerprint density at radius 2 is 1.71 bits per heavy atom. The molecule has 0 radical (unpaired) electrons. The van der Waals surface area contributed by atoms with Crippen LogP contribution in [0.15, 0.2) is 24.3 Å². The Hall–Kier alpha value is -0.843. The third-order valence-electron chi connectivity index (χ3n) is 4.31. The Bertz CT molecular complexity index is 423. The van der Waals surface area contributed by atoms with Crippen molar-refractivity contribution in [2.24, 2.45) is 0 Å². The lowest BCUT2D eigenvalue weighted by Gasteiger charge is -2.37. The number of ether oxygens (including phenoxy) is 1.